The maximum absolute atomic E-state index is 12.5. The van der Waals surface area contributed by atoms with Crippen LogP contribution < -0.4 is 0 Å². The van der Waals surface area contributed by atoms with Crippen LogP contribution in [0.4, 0.5) is 0 Å². The molecule has 1 aromatic carbocycles. The van der Waals surface area contributed by atoms with Gasteiger partial charge < -0.3 is 9.30 Å². The van der Waals surface area contributed by atoms with Gasteiger partial charge in [0.25, 0.3) is 0 Å². The highest BCUT2D eigenvalue weighted by Crippen LogP contribution is 2.19. The number of aryl methyl sites for hydroxylation is 1. The zero-order valence-corrected chi connectivity index (χ0v) is 16.4. The Labute approximate surface area is 164 Å². The monoisotopic (exact) mass is 380 g/mol. The van der Waals surface area contributed by atoms with Gasteiger partial charge in [-0.05, 0) is 31.2 Å². The molecule has 2 aromatic heterocycles. The van der Waals surface area contributed by atoms with E-state index in [0.717, 1.165) is 49.0 Å². The number of aromatic nitrogens is 2. The molecule has 1 aliphatic heterocycles. The average molecular weight is 381 g/mol. The third-order valence-corrected chi connectivity index (χ3v) is 5.90. The van der Waals surface area contributed by atoms with Crippen molar-refractivity contribution in [2.75, 3.05) is 31.9 Å². The Morgan fingerprint density at radius 3 is 2.59 bits per heavy atom. The number of amides is 1. The van der Waals surface area contributed by atoms with Crippen molar-refractivity contribution in [3.63, 3.8) is 0 Å². The lowest BCUT2D eigenvalue weighted by molar-refractivity contribution is -0.130. The highest BCUT2D eigenvalue weighted by molar-refractivity contribution is 8.00. The van der Waals surface area contributed by atoms with Gasteiger partial charge in [-0.3, -0.25) is 9.69 Å². The van der Waals surface area contributed by atoms with Gasteiger partial charge >= 0.3 is 0 Å². The fourth-order valence-corrected chi connectivity index (χ4v) is 4.12. The summed E-state index contributed by atoms with van der Waals surface area (Å²) in [5.41, 5.74) is 3.30. The van der Waals surface area contributed by atoms with Crippen LogP contribution in [-0.2, 0) is 11.3 Å². The summed E-state index contributed by atoms with van der Waals surface area (Å²) < 4.78 is 2.05. The van der Waals surface area contributed by atoms with Gasteiger partial charge in [0.15, 0.2) is 0 Å². The second kappa shape index (κ2) is 8.15. The molecule has 5 nitrogen and oxygen atoms in total. The number of rotatable bonds is 5. The third kappa shape index (κ3) is 4.51. The van der Waals surface area contributed by atoms with Gasteiger partial charge in [-0.1, -0.05) is 23.8 Å². The molecule has 0 N–H and O–H groups in total. The molecule has 0 saturated carbocycles. The molecule has 0 radical (unpaired) electrons. The predicted molar refractivity (Wildman–Crippen MR) is 109 cm³/mol. The van der Waals surface area contributed by atoms with E-state index in [4.69, 9.17) is 0 Å². The van der Waals surface area contributed by atoms with E-state index in [2.05, 4.69) is 51.7 Å². The zero-order valence-electron chi connectivity index (χ0n) is 15.5. The first-order valence-electron chi connectivity index (χ1n) is 9.29. The molecule has 1 fully saturated rings. The maximum Gasteiger partial charge on any atom is 0.233 e. The molecule has 3 heterocycles. The number of hydrogen-bond donors (Lipinski definition) is 0. The van der Waals surface area contributed by atoms with E-state index < -0.39 is 0 Å². The zero-order chi connectivity index (χ0) is 18.6. The smallest absolute Gasteiger partial charge is 0.233 e. The third-order valence-electron chi connectivity index (χ3n) is 4.91. The molecule has 0 unspecified atom stereocenters. The van der Waals surface area contributed by atoms with E-state index in [1.807, 2.05) is 29.3 Å². The topological polar surface area (TPSA) is 40.9 Å². The Morgan fingerprint density at radius 1 is 1.07 bits per heavy atom. The number of carbonyl (C=O) groups excluding carboxylic acids is 1. The van der Waals surface area contributed by atoms with Crippen LogP contribution in [0.5, 0.6) is 0 Å². The van der Waals surface area contributed by atoms with Crippen molar-refractivity contribution in [1.29, 1.82) is 0 Å². The molecule has 1 saturated heterocycles. The fraction of sp³-hybridized carbons (Fsp3) is 0.333. The second-order valence-corrected chi connectivity index (χ2v) is 8.01. The van der Waals surface area contributed by atoms with Crippen LogP contribution in [0.15, 0.2) is 59.8 Å². The minimum absolute atomic E-state index is 0.230. The van der Waals surface area contributed by atoms with Crippen LogP contribution in [0, 0.1) is 6.92 Å². The number of fused-ring (bicyclic) bond motifs is 1. The predicted octanol–water partition coefficient (Wildman–Crippen LogP) is 3.08. The van der Waals surface area contributed by atoms with Crippen molar-refractivity contribution in [2.45, 2.75) is 18.4 Å². The van der Waals surface area contributed by atoms with Gasteiger partial charge in [0.1, 0.15) is 5.65 Å². The minimum atomic E-state index is 0.230. The standard InChI is InChI=1S/C21H24N4OS/c1-17-5-7-19(8-6-17)27-16-21(26)24-12-10-23(11-13-24)14-18-15-25-9-3-2-4-20(25)22-18/h2-9,15H,10-14,16H2,1H3. The Kier molecular flexibility index (Phi) is 5.45. The molecule has 0 atom stereocenters. The van der Waals surface area contributed by atoms with E-state index in [1.165, 1.54) is 5.56 Å². The summed E-state index contributed by atoms with van der Waals surface area (Å²) in [6.45, 7) is 6.29. The van der Waals surface area contributed by atoms with Gasteiger partial charge in [-0.25, -0.2) is 4.98 Å². The quantitative estimate of drug-likeness (QED) is 0.638. The SMILES string of the molecule is Cc1ccc(SCC(=O)N2CCN(Cc3cn4ccccc4n3)CC2)cc1. The molecular formula is C21H24N4OS. The summed E-state index contributed by atoms with van der Waals surface area (Å²) in [4.78, 5) is 22.7. The number of imidazole rings is 1. The normalized spacial score (nSPS) is 15.4. The summed E-state index contributed by atoms with van der Waals surface area (Å²) in [6, 6.07) is 14.4. The molecule has 6 heteroatoms. The lowest BCUT2D eigenvalue weighted by Gasteiger charge is -2.34. The van der Waals surface area contributed by atoms with Gasteiger partial charge in [0, 0.05) is 50.0 Å². The Balaban J connectivity index is 1.25. The van der Waals surface area contributed by atoms with Crippen LogP contribution in [0.3, 0.4) is 0 Å². The number of piperazine rings is 1. The molecule has 1 amide bonds. The van der Waals surface area contributed by atoms with Crippen molar-refractivity contribution >= 4 is 23.3 Å². The van der Waals surface area contributed by atoms with E-state index in [9.17, 15) is 4.79 Å². The highest BCUT2D eigenvalue weighted by Gasteiger charge is 2.21. The Bertz CT molecular complexity index is 880. The molecule has 4 rings (SSSR count). The van der Waals surface area contributed by atoms with Crippen LogP contribution in [0.1, 0.15) is 11.3 Å². The Hall–Kier alpha value is -2.31. The number of pyridine rings is 1. The van der Waals surface area contributed by atoms with Crippen LogP contribution >= 0.6 is 11.8 Å². The van der Waals surface area contributed by atoms with Crippen molar-refractivity contribution in [1.82, 2.24) is 19.2 Å². The summed E-state index contributed by atoms with van der Waals surface area (Å²) in [5, 5.41) is 0. The van der Waals surface area contributed by atoms with E-state index >= 15 is 0 Å². The van der Waals surface area contributed by atoms with Crippen molar-refractivity contribution < 1.29 is 4.79 Å². The molecule has 27 heavy (non-hydrogen) atoms. The maximum atomic E-state index is 12.5. The van der Waals surface area contributed by atoms with Crippen molar-refractivity contribution in [3.8, 4) is 0 Å². The first kappa shape index (κ1) is 18.1. The number of carbonyl (C=O) groups is 1. The molecule has 0 spiro atoms. The summed E-state index contributed by atoms with van der Waals surface area (Å²) in [7, 11) is 0. The van der Waals surface area contributed by atoms with Crippen molar-refractivity contribution in [2.24, 2.45) is 0 Å². The molecule has 0 aliphatic carbocycles. The van der Waals surface area contributed by atoms with Gasteiger partial charge in [-0.15, -0.1) is 11.8 Å². The first-order chi connectivity index (χ1) is 13.2. The number of benzene rings is 1. The fourth-order valence-electron chi connectivity index (χ4n) is 3.32. The van der Waals surface area contributed by atoms with E-state index in [1.54, 1.807) is 11.8 Å². The molecule has 1 aliphatic rings. The summed E-state index contributed by atoms with van der Waals surface area (Å²) in [6.07, 6.45) is 4.11. The highest BCUT2D eigenvalue weighted by atomic mass is 32.2. The summed E-state index contributed by atoms with van der Waals surface area (Å²) >= 11 is 1.62. The number of nitrogens with zero attached hydrogens (tertiary/aromatic N) is 4. The Morgan fingerprint density at radius 2 is 1.85 bits per heavy atom. The number of thioether (sulfide) groups is 1. The average Bonchev–Trinajstić information content (AvgIpc) is 3.10. The first-order valence-corrected chi connectivity index (χ1v) is 10.3. The van der Waals surface area contributed by atoms with E-state index in [0.29, 0.717) is 5.75 Å². The van der Waals surface area contributed by atoms with Crippen molar-refractivity contribution in [3.05, 3.63) is 66.1 Å². The van der Waals surface area contributed by atoms with Gasteiger partial charge in [-0.2, -0.15) is 0 Å². The largest absolute Gasteiger partial charge is 0.339 e. The molecule has 3 aromatic rings. The van der Waals surface area contributed by atoms with Gasteiger partial charge in [0.05, 0.1) is 11.4 Å². The van der Waals surface area contributed by atoms with E-state index in [-0.39, 0.29) is 5.91 Å². The second-order valence-electron chi connectivity index (χ2n) is 6.96. The van der Waals surface area contributed by atoms with Crippen LogP contribution in [0.25, 0.3) is 5.65 Å². The lowest BCUT2D eigenvalue weighted by Crippen LogP contribution is -2.48. The minimum Gasteiger partial charge on any atom is -0.339 e. The number of hydrogen-bond acceptors (Lipinski definition) is 4. The van der Waals surface area contributed by atoms with Gasteiger partial charge in [0.2, 0.25) is 5.91 Å². The molecule has 0 bridgehead atoms. The molecule has 140 valence electrons. The summed E-state index contributed by atoms with van der Waals surface area (Å²) in [5.74, 6) is 0.739. The molecular weight excluding hydrogens is 356 g/mol. The van der Waals surface area contributed by atoms with Crippen LogP contribution in [-0.4, -0.2) is 57.0 Å². The van der Waals surface area contributed by atoms with Crippen LogP contribution in [0.2, 0.25) is 0 Å². The lowest BCUT2D eigenvalue weighted by atomic mass is 10.2.